The van der Waals surface area contributed by atoms with E-state index in [0.29, 0.717) is 11.3 Å². The van der Waals surface area contributed by atoms with Gasteiger partial charge in [-0.15, -0.1) is 0 Å². The molecule has 3 nitrogen and oxygen atoms in total. The average molecular weight is 258 g/mol. The van der Waals surface area contributed by atoms with E-state index in [0.717, 1.165) is 0 Å². The Bertz CT molecular complexity index is 461. The minimum absolute atomic E-state index is 0.0250. The molecular weight excluding hydrogens is 244 g/mol. The SMILES string of the molecule is CCSC(=O)c1ccc(S(=O)(=O)CC)cc1. The Morgan fingerprint density at radius 3 is 2.19 bits per heavy atom. The molecule has 0 saturated carbocycles. The van der Waals surface area contributed by atoms with E-state index < -0.39 is 9.84 Å². The van der Waals surface area contributed by atoms with Crippen molar-refractivity contribution in [2.45, 2.75) is 18.7 Å². The summed E-state index contributed by atoms with van der Waals surface area (Å²) in [6.45, 7) is 3.50. The average Bonchev–Trinajstić information content (AvgIpc) is 2.29. The number of benzene rings is 1. The first kappa shape index (κ1) is 13.3. The lowest BCUT2D eigenvalue weighted by Gasteiger charge is -2.02. The number of carbonyl (C=O) groups is 1. The van der Waals surface area contributed by atoms with Crippen molar-refractivity contribution in [2.75, 3.05) is 11.5 Å². The summed E-state index contributed by atoms with van der Waals surface area (Å²) in [4.78, 5) is 11.8. The second-order valence-electron chi connectivity index (χ2n) is 3.15. The maximum absolute atomic E-state index is 11.5. The maximum atomic E-state index is 11.5. The van der Waals surface area contributed by atoms with Crippen LogP contribution in [0, 0.1) is 0 Å². The third-order valence-corrected chi connectivity index (χ3v) is 4.64. The summed E-state index contributed by atoms with van der Waals surface area (Å²) in [5, 5.41) is -0.0250. The third-order valence-electron chi connectivity index (χ3n) is 2.10. The first-order valence-corrected chi connectivity index (χ1v) is 7.65. The lowest BCUT2D eigenvalue weighted by Crippen LogP contribution is -2.04. The fraction of sp³-hybridized carbons (Fsp3) is 0.364. The van der Waals surface area contributed by atoms with Gasteiger partial charge in [-0.2, -0.15) is 0 Å². The zero-order valence-corrected chi connectivity index (χ0v) is 10.9. The molecule has 0 N–H and O–H groups in total. The van der Waals surface area contributed by atoms with Crippen LogP contribution in [0.4, 0.5) is 0 Å². The molecule has 0 bridgehead atoms. The van der Waals surface area contributed by atoms with Crippen LogP contribution in [0.1, 0.15) is 24.2 Å². The van der Waals surface area contributed by atoms with Crippen molar-refractivity contribution in [1.82, 2.24) is 0 Å². The second kappa shape index (κ2) is 5.50. The molecule has 5 heteroatoms. The summed E-state index contributed by atoms with van der Waals surface area (Å²) in [5.41, 5.74) is 0.543. The largest absolute Gasteiger partial charge is 0.282 e. The van der Waals surface area contributed by atoms with Gasteiger partial charge in [-0.3, -0.25) is 4.79 Å². The Morgan fingerprint density at radius 2 is 1.75 bits per heavy atom. The van der Waals surface area contributed by atoms with Crippen LogP contribution in [-0.2, 0) is 9.84 Å². The Kier molecular flexibility index (Phi) is 4.56. The molecule has 0 saturated heterocycles. The first-order chi connectivity index (χ1) is 7.51. The molecule has 1 aromatic rings. The highest BCUT2D eigenvalue weighted by molar-refractivity contribution is 8.14. The lowest BCUT2D eigenvalue weighted by molar-refractivity contribution is 0.108. The predicted molar refractivity (Wildman–Crippen MR) is 66.6 cm³/mol. The van der Waals surface area contributed by atoms with E-state index in [9.17, 15) is 13.2 Å². The van der Waals surface area contributed by atoms with Gasteiger partial charge in [0.1, 0.15) is 0 Å². The number of hydrogen-bond acceptors (Lipinski definition) is 4. The predicted octanol–water partition coefficient (Wildman–Crippen LogP) is 2.37. The van der Waals surface area contributed by atoms with E-state index >= 15 is 0 Å². The molecule has 0 unspecified atom stereocenters. The molecule has 16 heavy (non-hydrogen) atoms. The van der Waals surface area contributed by atoms with Crippen LogP contribution in [0.2, 0.25) is 0 Å². The van der Waals surface area contributed by atoms with Crippen LogP contribution in [0.25, 0.3) is 0 Å². The van der Waals surface area contributed by atoms with Gasteiger partial charge in [0.25, 0.3) is 0 Å². The van der Waals surface area contributed by atoms with E-state index in [4.69, 9.17) is 0 Å². The summed E-state index contributed by atoms with van der Waals surface area (Å²) in [5.74, 6) is 0.790. The topological polar surface area (TPSA) is 51.2 Å². The Balaban J connectivity index is 2.96. The van der Waals surface area contributed by atoms with Gasteiger partial charge in [-0.1, -0.05) is 25.6 Å². The van der Waals surface area contributed by atoms with Gasteiger partial charge in [0.15, 0.2) is 9.84 Å². The fourth-order valence-corrected chi connectivity index (χ4v) is 2.63. The summed E-state index contributed by atoms with van der Waals surface area (Å²) in [7, 11) is -3.17. The van der Waals surface area contributed by atoms with Crippen LogP contribution in [0.3, 0.4) is 0 Å². The zero-order valence-electron chi connectivity index (χ0n) is 9.26. The molecule has 0 radical (unpaired) electrons. The molecular formula is C11H14O3S2. The van der Waals surface area contributed by atoms with Gasteiger partial charge in [0.2, 0.25) is 5.12 Å². The van der Waals surface area contributed by atoms with Crippen molar-refractivity contribution in [3.05, 3.63) is 29.8 Å². The molecule has 0 atom stereocenters. The molecule has 0 heterocycles. The summed E-state index contributed by atoms with van der Waals surface area (Å²) in [6, 6.07) is 6.10. The molecule has 88 valence electrons. The van der Waals surface area contributed by atoms with Crippen LogP contribution >= 0.6 is 11.8 Å². The zero-order chi connectivity index (χ0) is 12.2. The van der Waals surface area contributed by atoms with Gasteiger partial charge in [0.05, 0.1) is 10.6 Å². The first-order valence-electron chi connectivity index (χ1n) is 5.01. The second-order valence-corrected chi connectivity index (χ2v) is 6.66. The lowest BCUT2D eigenvalue weighted by atomic mass is 10.2. The number of carbonyl (C=O) groups excluding carboxylic acids is 1. The smallest absolute Gasteiger partial charge is 0.219 e. The van der Waals surface area contributed by atoms with E-state index in [2.05, 4.69) is 0 Å². The van der Waals surface area contributed by atoms with Crippen LogP contribution in [-0.4, -0.2) is 25.0 Å². The van der Waals surface area contributed by atoms with Crippen LogP contribution in [0.5, 0.6) is 0 Å². The number of hydrogen-bond donors (Lipinski definition) is 0. The van der Waals surface area contributed by atoms with E-state index in [1.54, 1.807) is 19.1 Å². The molecule has 0 aliphatic carbocycles. The standard InChI is InChI=1S/C11H14O3S2/c1-3-15-11(12)9-5-7-10(8-6-9)16(13,14)4-2/h5-8H,3-4H2,1-2H3. The highest BCUT2D eigenvalue weighted by atomic mass is 32.2. The minimum atomic E-state index is -3.17. The number of rotatable bonds is 4. The van der Waals surface area contributed by atoms with E-state index in [1.807, 2.05) is 6.92 Å². The molecule has 0 aliphatic heterocycles. The summed E-state index contributed by atoms with van der Waals surface area (Å²) >= 11 is 1.22. The molecule has 0 amide bonds. The van der Waals surface area contributed by atoms with Gasteiger partial charge in [-0.05, 0) is 30.0 Å². The molecule has 0 aromatic heterocycles. The molecule has 1 aromatic carbocycles. The van der Waals surface area contributed by atoms with Crippen molar-refractivity contribution in [1.29, 1.82) is 0 Å². The summed E-state index contributed by atoms with van der Waals surface area (Å²) < 4.78 is 23.0. The molecule has 0 aliphatic rings. The van der Waals surface area contributed by atoms with Crippen molar-refractivity contribution >= 4 is 26.7 Å². The van der Waals surface area contributed by atoms with Crippen LogP contribution < -0.4 is 0 Å². The van der Waals surface area contributed by atoms with Gasteiger partial charge < -0.3 is 0 Å². The van der Waals surface area contributed by atoms with Crippen molar-refractivity contribution in [3.8, 4) is 0 Å². The number of thioether (sulfide) groups is 1. The van der Waals surface area contributed by atoms with E-state index in [-0.39, 0.29) is 15.8 Å². The molecule has 0 spiro atoms. The monoisotopic (exact) mass is 258 g/mol. The van der Waals surface area contributed by atoms with Crippen molar-refractivity contribution in [3.63, 3.8) is 0 Å². The van der Waals surface area contributed by atoms with Crippen molar-refractivity contribution < 1.29 is 13.2 Å². The minimum Gasteiger partial charge on any atom is -0.282 e. The highest BCUT2D eigenvalue weighted by Gasteiger charge is 2.12. The Morgan fingerprint density at radius 1 is 1.19 bits per heavy atom. The van der Waals surface area contributed by atoms with Gasteiger partial charge in [0, 0.05) is 5.56 Å². The van der Waals surface area contributed by atoms with Gasteiger partial charge in [-0.25, -0.2) is 8.42 Å². The van der Waals surface area contributed by atoms with Crippen molar-refractivity contribution in [2.24, 2.45) is 0 Å². The number of sulfone groups is 1. The Hall–Kier alpha value is -0.810. The van der Waals surface area contributed by atoms with E-state index in [1.165, 1.54) is 23.9 Å². The van der Waals surface area contributed by atoms with Gasteiger partial charge >= 0.3 is 0 Å². The Labute approximate surface area is 100 Å². The third kappa shape index (κ3) is 3.09. The molecule has 0 fully saturated rings. The highest BCUT2D eigenvalue weighted by Crippen LogP contribution is 2.16. The summed E-state index contributed by atoms with van der Waals surface area (Å²) in [6.07, 6.45) is 0. The fourth-order valence-electron chi connectivity index (χ4n) is 1.18. The quantitative estimate of drug-likeness (QED) is 0.832. The molecule has 1 rings (SSSR count). The maximum Gasteiger partial charge on any atom is 0.219 e. The normalized spacial score (nSPS) is 11.4. The van der Waals surface area contributed by atoms with Crippen LogP contribution in [0.15, 0.2) is 29.2 Å².